The maximum atomic E-state index is 12.9. The highest BCUT2D eigenvalue weighted by atomic mass is 79.9. The van der Waals surface area contributed by atoms with Crippen molar-refractivity contribution in [2.75, 3.05) is 13.7 Å². The molecule has 2 aliphatic rings. The minimum absolute atomic E-state index is 0.291. The number of carbonyl (C=O) groups excluding carboxylic acids is 1. The number of esters is 1. The van der Waals surface area contributed by atoms with Crippen molar-refractivity contribution in [3.05, 3.63) is 79.3 Å². The number of ether oxygens (including phenoxy) is 3. The predicted molar refractivity (Wildman–Crippen MR) is 137 cm³/mol. The molecule has 4 rings (SSSR count). The molecule has 0 saturated heterocycles. The number of carbonyl (C=O) groups is 1. The van der Waals surface area contributed by atoms with Gasteiger partial charge in [-0.15, -0.1) is 0 Å². The number of hydrogen-bond donors (Lipinski definition) is 0. The molecule has 33 heavy (non-hydrogen) atoms. The van der Waals surface area contributed by atoms with Crippen LogP contribution in [-0.4, -0.2) is 29.8 Å². The lowest BCUT2D eigenvalue weighted by molar-refractivity contribution is -0.139. The van der Waals surface area contributed by atoms with Gasteiger partial charge in [0.15, 0.2) is 16.7 Å². The van der Waals surface area contributed by atoms with Crippen molar-refractivity contribution in [3.8, 4) is 11.5 Å². The van der Waals surface area contributed by atoms with Crippen molar-refractivity contribution in [3.63, 3.8) is 0 Å². The molecule has 9 heteroatoms. The van der Waals surface area contributed by atoms with Crippen LogP contribution in [0.5, 0.6) is 11.5 Å². The number of nitrogens with zero attached hydrogens (tertiary/aromatic N) is 2. The zero-order chi connectivity index (χ0) is 23.5. The molecule has 6 nitrogen and oxygen atoms in total. The smallest absolute Gasteiger partial charge is 0.338 e. The Kier molecular flexibility index (Phi) is 7.51. The van der Waals surface area contributed by atoms with Crippen LogP contribution in [0.1, 0.15) is 31.0 Å². The molecule has 0 amide bonds. The topological polar surface area (TPSA) is 60.4 Å². The third-order valence-electron chi connectivity index (χ3n) is 5.18. The fourth-order valence-corrected chi connectivity index (χ4v) is 5.30. The molecular weight excluding hydrogens is 572 g/mol. The van der Waals surface area contributed by atoms with Gasteiger partial charge in [0.2, 0.25) is 0 Å². The highest BCUT2D eigenvalue weighted by Crippen LogP contribution is 2.45. The molecule has 1 atom stereocenters. The van der Waals surface area contributed by atoms with Crippen LogP contribution in [0, 0.1) is 0 Å². The molecule has 0 spiro atoms. The summed E-state index contributed by atoms with van der Waals surface area (Å²) in [6, 6.07) is 11.4. The van der Waals surface area contributed by atoms with Crippen LogP contribution in [0.15, 0.2) is 73.2 Å². The van der Waals surface area contributed by atoms with E-state index in [2.05, 4.69) is 36.9 Å². The largest absolute Gasteiger partial charge is 0.493 e. The number of hydrogen-bond acceptors (Lipinski definition) is 7. The average Bonchev–Trinajstić information content (AvgIpc) is 3.26. The summed E-state index contributed by atoms with van der Waals surface area (Å²) in [6.07, 6.45) is 1.93. The van der Waals surface area contributed by atoms with E-state index in [-0.39, 0.29) is 5.97 Å². The van der Waals surface area contributed by atoms with Crippen LogP contribution in [0.3, 0.4) is 0 Å². The number of benzene rings is 2. The number of methoxy groups -OCH3 is 1. The summed E-state index contributed by atoms with van der Waals surface area (Å²) in [6.45, 7) is 4.31. The molecule has 0 unspecified atom stereocenters. The second kappa shape index (κ2) is 10.4. The number of fused-ring (bicyclic) bond motifs is 1. The number of amidine groups is 1. The molecule has 2 aromatic rings. The zero-order valence-corrected chi connectivity index (χ0v) is 22.3. The Bertz CT molecular complexity index is 1160. The highest BCUT2D eigenvalue weighted by molar-refractivity contribution is 9.10. The lowest BCUT2D eigenvalue weighted by Crippen LogP contribution is -2.34. The van der Waals surface area contributed by atoms with E-state index < -0.39 is 6.04 Å². The molecule has 0 N–H and O–H groups in total. The summed E-state index contributed by atoms with van der Waals surface area (Å²) in [7, 11) is 1.60. The first-order chi connectivity index (χ1) is 15.9. The van der Waals surface area contributed by atoms with Crippen LogP contribution in [0.25, 0.3) is 0 Å². The Morgan fingerprint density at radius 3 is 2.67 bits per heavy atom. The van der Waals surface area contributed by atoms with Gasteiger partial charge in [0.05, 0.1) is 35.5 Å². The van der Waals surface area contributed by atoms with Gasteiger partial charge in [0, 0.05) is 10.7 Å². The molecule has 2 heterocycles. The van der Waals surface area contributed by atoms with Crippen molar-refractivity contribution in [2.24, 2.45) is 4.99 Å². The number of rotatable bonds is 7. The van der Waals surface area contributed by atoms with E-state index in [0.29, 0.717) is 36.0 Å². The number of halogens is 2. The summed E-state index contributed by atoms with van der Waals surface area (Å²) in [4.78, 5) is 19.5. The van der Waals surface area contributed by atoms with Crippen molar-refractivity contribution < 1.29 is 19.0 Å². The zero-order valence-electron chi connectivity index (χ0n) is 18.3. The van der Waals surface area contributed by atoms with Gasteiger partial charge >= 0.3 is 5.97 Å². The van der Waals surface area contributed by atoms with Crippen molar-refractivity contribution >= 4 is 54.8 Å². The van der Waals surface area contributed by atoms with E-state index in [9.17, 15) is 4.79 Å². The summed E-state index contributed by atoms with van der Waals surface area (Å²) in [5.74, 6) is 0.787. The van der Waals surface area contributed by atoms with Gasteiger partial charge in [-0.2, -0.15) is 0 Å². The molecule has 0 saturated carbocycles. The van der Waals surface area contributed by atoms with Gasteiger partial charge in [-0.3, -0.25) is 0 Å². The minimum atomic E-state index is -0.395. The molecule has 0 fully saturated rings. The third-order valence-corrected chi connectivity index (χ3v) is 7.07. The SMILES string of the molecule is CCOC(=O)C1=C(C)N=C2SC=CN2[C@H]1c1cc(Br)c(OCc2ccc(Br)cc2)c(OC)c1. The second-order valence-corrected chi connectivity index (χ2v) is 9.92. The fourth-order valence-electron chi connectivity index (χ4n) is 3.67. The van der Waals surface area contributed by atoms with E-state index in [4.69, 9.17) is 14.2 Å². The molecule has 0 radical (unpaired) electrons. The van der Waals surface area contributed by atoms with Gasteiger partial charge in [-0.1, -0.05) is 39.8 Å². The maximum absolute atomic E-state index is 12.9. The van der Waals surface area contributed by atoms with Gasteiger partial charge < -0.3 is 19.1 Å². The third kappa shape index (κ3) is 5.00. The maximum Gasteiger partial charge on any atom is 0.338 e. The quantitative estimate of drug-likeness (QED) is 0.339. The first-order valence-corrected chi connectivity index (χ1v) is 12.7. The molecule has 0 bridgehead atoms. The normalized spacial score (nSPS) is 17.1. The van der Waals surface area contributed by atoms with Gasteiger partial charge in [0.1, 0.15) is 6.61 Å². The van der Waals surface area contributed by atoms with Gasteiger partial charge in [0.25, 0.3) is 0 Å². The minimum Gasteiger partial charge on any atom is -0.493 e. The first kappa shape index (κ1) is 23.9. The van der Waals surface area contributed by atoms with E-state index in [1.54, 1.807) is 14.0 Å². The van der Waals surface area contributed by atoms with Crippen LogP contribution in [-0.2, 0) is 16.1 Å². The monoisotopic (exact) mass is 592 g/mol. The van der Waals surface area contributed by atoms with Crippen molar-refractivity contribution in [1.29, 1.82) is 0 Å². The van der Waals surface area contributed by atoms with Crippen LogP contribution in [0.2, 0.25) is 0 Å². The number of aliphatic imine (C=N–C) groups is 1. The Labute approximate surface area is 213 Å². The van der Waals surface area contributed by atoms with Crippen molar-refractivity contribution in [2.45, 2.75) is 26.5 Å². The predicted octanol–water partition coefficient (Wildman–Crippen LogP) is 6.57. The number of allylic oxidation sites excluding steroid dienone is 1. The van der Waals surface area contributed by atoms with Crippen LogP contribution >= 0.6 is 43.6 Å². The summed E-state index contributed by atoms with van der Waals surface area (Å²) < 4.78 is 18.9. The number of thioether (sulfide) groups is 1. The standard InChI is InChI=1S/C24H22Br2N2O4S/c1-4-31-23(29)20-14(2)27-24-28(9-10-33-24)21(20)16-11-18(26)22(19(12-16)30-3)32-13-15-5-7-17(25)8-6-15/h5-12,21H,4,13H2,1-3H3/t21-/m0/s1. The molecule has 2 aromatic carbocycles. The van der Waals surface area contributed by atoms with Crippen molar-refractivity contribution in [1.82, 2.24) is 4.90 Å². The Hall–Kier alpha value is -2.23. The van der Waals surface area contributed by atoms with E-state index >= 15 is 0 Å². The average molecular weight is 594 g/mol. The molecular formula is C24H22Br2N2O4S. The molecule has 0 aliphatic carbocycles. The Balaban J connectivity index is 1.70. The molecule has 0 aromatic heterocycles. The molecule has 2 aliphatic heterocycles. The van der Waals surface area contributed by atoms with Gasteiger partial charge in [-0.05, 0) is 70.6 Å². The lowest BCUT2D eigenvalue weighted by atomic mass is 9.94. The van der Waals surface area contributed by atoms with E-state index in [1.807, 2.05) is 59.8 Å². The molecule has 172 valence electrons. The van der Waals surface area contributed by atoms with E-state index in [1.165, 1.54) is 11.8 Å². The first-order valence-electron chi connectivity index (χ1n) is 10.3. The highest BCUT2D eigenvalue weighted by Gasteiger charge is 2.38. The Morgan fingerprint density at radius 1 is 1.21 bits per heavy atom. The summed E-state index contributed by atoms with van der Waals surface area (Å²) >= 11 is 8.61. The fraction of sp³-hybridized carbons (Fsp3) is 0.250. The summed E-state index contributed by atoms with van der Waals surface area (Å²) in [5.41, 5.74) is 3.04. The summed E-state index contributed by atoms with van der Waals surface area (Å²) in [5, 5.41) is 2.77. The Morgan fingerprint density at radius 2 is 1.97 bits per heavy atom. The lowest BCUT2D eigenvalue weighted by Gasteiger charge is -2.33. The van der Waals surface area contributed by atoms with Gasteiger partial charge in [-0.25, -0.2) is 9.79 Å². The van der Waals surface area contributed by atoms with E-state index in [0.717, 1.165) is 25.2 Å². The second-order valence-electron chi connectivity index (χ2n) is 7.28. The van der Waals surface area contributed by atoms with Crippen LogP contribution < -0.4 is 9.47 Å². The van der Waals surface area contributed by atoms with Crippen LogP contribution in [0.4, 0.5) is 0 Å².